The number of nitrogens with zero attached hydrogens (tertiary/aromatic N) is 6. The number of aryl methyl sites for hydroxylation is 1. The lowest BCUT2D eigenvalue weighted by Gasteiger charge is -2.37. The van der Waals surface area contributed by atoms with Crippen LogP contribution in [-0.2, 0) is 6.42 Å². The fraction of sp³-hybridized carbons (Fsp3) is 0.368. The molecule has 1 aliphatic heterocycles. The van der Waals surface area contributed by atoms with Gasteiger partial charge in [-0.2, -0.15) is 14.6 Å². The van der Waals surface area contributed by atoms with Gasteiger partial charge >= 0.3 is 0 Å². The summed E-state index contributed by atoms with van der Waals surface area (Å²) < 4.78 is 1.82. The molecule has 134 valence electrons. The smallest absolute Gasteiger partial charge is 0.254 e. The molecule has 4 rings (SSSR count). The molecule has 3 aromatic rings. The number of amides is 1. The highest BCUT2D eigenvalue weighted by Crippen LogP contribution is 2.25. The molecule has 0 saturated carbocycles. The van der Waals surface area contributed by atoms with Gasteiger partial charge < -0.3 is 9.80 Å². The van der Waals surface area contributed by atoms with Crippen LogP contribution >= 0.6 is 0 Å². The highest BCUT2D eigenvalue weighted by atomic mass is 16.2. The van der Waals surface area contributed by atoms with Crippen molar-refractivity contribution in [3.8, 4) is 0 Å². The maximum absolute atomic E-state index is 12.7. The third-order valence-electron chi connectivity index (χ3n) is 4.95. The van der Waals surface area contributed by atoms with Crippen LogP contribution in [0.4, 0.5) is 5.82 Å². The van der Waals surface area contributed by atoms with Gasteiger partial charge in [-0.3, -0.25) is 4.79 Å². The second-order valence-corrected chi connectivity index (χ2v) is 6.47. The van der Waals surface area contributed by atoms with Crippen LogP contribution < -0.4 is 4.90 Å². The van der Waals surface area contributed by atoms with Crippen LogP contribution in [-0.4, -0.2) is 56.6 Å². The fourth-order valence-corrected chi connectivity index (χ4v) is 3.59. The Bertz CT molecular complexity index is 928. The van der Waals surface area contributed by atoms with E-state index in [0.717, 1.165) is 36.6 Å². The number of fused-ring (bicyclic) bond motifs is 1. The summed E-state index contributed by atoms with van der Waals surface area (Å²) in [6.45, 7) is 7.06. The minimum Gasteiger partial charge on any atom is -0.353 e. The van der Waals surface area contributed by atoms with Gasteiger partial charge in [0.25, 0.3) is 11.7 Å². The summed E-state index contributed by atoms with van der Waals surface area (Å²) in [6, 6.07) is 9.47. The SMILES string of the molecule is CCc1c(C)nc2ncnn2c1N1CCN(C(=O)c2ccccc2)CC1. The van der Waals surface area contributed by atoms with Crippen LogP contribution in [0.3, 0.4) is 0 Å². The molecular weight excluding hydrogens is 328 g/mol. The van der Waals surface area contributed by atoms with Crippen LogP contribution in [0.25, 0.3) is 5.78 Å². The van der Waals surface area contributed by atoms with E-state index in [4.69, 9.17) is 0 Å². The third-order valence-corrected chi connectivity index (χ3v) is 4.95. The highest BCUT2D eigenvalue weighted by Gasteiger charge is 2.26. The number of rotatable bonds is 3. The average molecular weight is 350 g/mol. The van der Waals surface area contributed by atoms with Crippen molar-refractivity contribution < 1.29 is 4.79 Å². The van der Waals surface area contributed by atoms with Crippen molar-refractivity contribution in [2.75, 3.05) is 31.1 Å². The van der Waals surface area contributed by atoms with Crippen LogP contribution in [0, 0.1) is 6.92 Å². The lowest BCUT2D eigenvalue weighted by Crippen LogP contribution is -2.49. The van der Waals surface area contributed by atoms with Crippen molar-refractivity contribution >= 4 is 17.5 Å². The maximum Gasteiger partial charge on any atom is 0.254 e. The van der Waals surface area contributed by atoms with Gasteiger partial charge in [-0.25, -0.2) is 4.98 Å². The molecule has 0 aliphatic carbocycles. The van der Waals surface area contributed by atoms with Gasteiger partial charge in [0.1, 0.15) is 12.1 Å². The number of piperazine rings is 1. The van der Waals surface area contributed by atoms with Gasteiger partial charge in [-0.05, 0) is 25.5 Å². The predicted molar refractivity (Wildman–Crippen MR) is 99.5 cm³/mol. The molecule has 2 aromatic heterocycles. The first-order valence-corrected chi connectivity index (χ1v) is 8.97. The molecule has 7 nitrogen and oxygen atoms in total. The first-order chi connectivity index (χ1) is 12.7. The number of carbonyl (C=O) groups is 1. The Labute approximate surface area is 152 Å². The van der Waals surface area contributed by atoms with Crippen LogP contribution in [0.1, 0.15) is 28.5 Å². The number of hydrogen-bond acceptors (Lipinski definition) is 5. The Morgan fingerprint density at radius 1 is 1.12 bits per heavy atom. The van der Waals surface area contributed by atoms with E-state index in [-0.39, 0.29) is 5.91 Å². The van der Waals surface area contributed by atoms with Crippen molar-refractivity contribution in [3.63, 3.8) is 0 Å². The lowest BCUT2D eigenvalue weighted by molar-refractivity contribution is 0.0746. The fourth-order valence-electron chi connectivity index (χ4n) is 3.59. The molecule has 1 amide bonds. The second-order valence-electron chi connectivity index (χ2n) is 6.47. The molecule has 3 heterocycles. The van der Waals surface area contributed by atoms with Crippen molar-refractivity contribution in [2.24, 2.45) is 0 Å². The minimum absolute atomic E-state index is 0.0952. The molecule has 0 N–H and O–H groups in total. The quantitative estimate of drug-likeness (QED) is 0.722. The van der Waals surface area contributed by atoms with E-state index in [2.05, 4.69) is 26.9 Å². The van der Waals surface area contributed by atoms with E-state index in [1.165, 1.54) is 5.56 Å². The first kappa shape index (κ1) is 16.5. The molecule has 0 spiro atoms. The Hall–Kier alpha value is -2.96. The maximum atomic E-state index is 12.7. The van der Waals surface area contributed by atoms with Gasteiger partial charge in [0.2, 0.25) is 0 Å². The van der Waals surface area contributed by atoms with Crippen molar-refractivity contribution in [1.82, 2.24) is 24.5 Å². The van der Waals surface area contributed by atoms with Crippen LogP contribution in [0.5, 0.6) is 0 Å². The number of aromatic nitrogens is 4. The van der Waals surface area contributed by atoms with Gasteiger partial charge in [0.05, 0.1) is 0 Å². The predicted octanol–water partition coefficient (Wildman–Crippen LogP) is 1.96. The molecule has 1 fully saturated rings. The highest BCUT2D eigenvalue weighted by molar-refractivity contribution is 5.94. The van der Waals surface area contributed by atoms with Gasteiger partial charge in [0.15, 0.2) is 0 Å². The lowest BCUT2D eigenvalue weighted by atomic mass is 10.1. The molecule has 0 radical (unpaired) electrons. The van der Waals surface area contributed by atoms with Gasteiger partial charge in [0, 0.05) is 43.0 Å². The minimum atomic E-state index is 0.0952. The number of anilines is 1. The topological polar surface area (TPSA) is 66.6 Å². The molecule has 1 aromatic carbocycles. The van der Waals surface area contributed by atoms with E-state index in [9.17, 15) is 4.79 Å². The number of benzene rings is 1. The Kier molecular flexibility index (Phi) is 4.28. The Balaban J connectivity index is 1.58. The van der Waals surface area contributed by atoms with E-state index < -0.39 is 0 Å². The molecule has 0 bridgehead atoms. The van der Waals surface area contributed by atoms with Crippen molar-refractivity contribution in [2.45, 2.75) is 20.3 Å². The largest absolute Gasteiger partial charge is 0.353 e. The number of hydrogen-bond donors (Lipinski definition) is 0. The molecule has 1 saturated heterocycles. The summed E-state index contributed by atoms with van der Waals surface area (Å²) >= 11 is 0. The summed E-state index contributed by atoms with van der Waals surface area (Å²) in [5, 5.41) is 4.37. The van der Waals surface area contributed by atoms with Gasteiger partial charge in [-0.1, -0.05) is 25.1 Å². The summed E-state index contributed by atoms with van der Waals surface area (Å²) in [7, 11) is 0. The zero-order valence-corrected chi connectivity index (χ0v) is 15.1. The first-order valence-electron chi connectivity index (χ1n) is 8.97. The molecule has 26 heavy (non-hydrogen) atoms. The summed E-state index contributed by atoms with van der Waals surface area (Å²) in [6.07, 6.45) is 2.42. The van der Waals surface area contributed by atoms with Crippen molar-refractivity contribution in [1.29, 1.82) is 0 Å². The zero-order valence-electron chi connectivity index (χ0n) is 15.1. The standard InChI is InChI=1S/C19H22N6O/c1-3-16-14(2)22-19-20-13-21-25(19)17(16)23-9-11-24(12-10-23)18(26)15-7-5-4-6-8-15/h4-8,13H,3,9-12H2,1-2H3. The summed E-state index contributed by atoms with van der Waals surface area (Å²) in [4.78, 5) is 25.7. The Morgan fingerprint density at radius 3 is 2.54 bits per heavy atom. The average Bonchev–Trinajstić information content (AvgIpc) is 3.15. The molecule has 0 atom stereocenters. The van der Waals surface area contributed by atoms with E-state index in [1.54, 1.807) is 6.33 Å². The summed E-state index contributed by atoms with van der Waals surface area (Å²) in [5.41, 5.74) is 2.92. The molecule has 1 aliphatic rings. The van der Waals surface area contributed by atoms with E-state index in [0.29, 0.717) is 18.9 Å². The number of carbonyl (C=O) groups excluding carboxylic acids is 1. The van der Waals surface area contributed by atoms with Crippen LogP contribution in [0.15, 0.2) is 36.7 Å². The zero-order chi connectivity index (χ0) is 18.1. The normalized spacial score (nSPS) is 14.8. The van der Waals surface area contributed by atoms with Gasteiger partial charge in [-0.15, -0.1) is 0 Å². The van der Waals surface area contributed by atoms with E-state index >= 15 is 0 Å². The summed E-state index contributed by atoms with van der Waals surface area (Å²) in [5.74, 6) is 1.77. The molecular formula is C19H22N6O. The van der Waals surface area contributed by atoms with E-state index in [1.807, 2.05) is 46.7 Å². The second kappa shape index (κ2) is 6.74. The molecule has 0 unspecified atom stereocenters. The van der Waals surface area contributed by atoms with Crippen molar-refractivity contribution in [3.05, 3.63) is 53.5 Å². The Morgan fingerprint density at radius 2 is 1.85 bits per heavy atom. The van der Waals surface area contributed by atoms with Crippen LogP contribution in [0.2, 0.25) is 0 Å². The molecule has 7 heteroatoms. The third kappa shape index (κ3) is 2.79. The monoisotopic (exact) mass is 350 g/mol.